The van der Waals surface area contributed by atoms with E-state index >= 15 is 0 Å². The molecule has 2 heterocycles. The largest absolute Gasteiger partial charge is 0.325 e. The summed E-state index contributed by atoms with van der Waals surface area (Å²) in [6, 6.07) is 18.1. The molecule has 1 aromatic heterocycles. The van der Waals surface area contributed by atoms with Gasteiger partial charge >= 0.3 is 6.03 Å². The van der Waals surface area contributed by atoms with Crippen LogP contribution in [-0.4, -0.2) is 39.9 Å². The Labute approximate surface area is 180 Å². The molecule has 0 bridgehead atoms. The topological polar surface area (TPSA) is 83.8 Å². The van der Waals surface area contributed by atoms with Crippen LogP contribution in [0.3, 0.4) is 0 Å². The number of fused-ring (bicyclic) bond motifs is 1. The number of nitrogens with zero attached hydrogens (tertiary/aromatic N) is 3. The van der Waals surface area contributed by atoms with Crippen molar-refractivity contribution in [3.05, 3.63) is 77.9 Å². The maximum atomic E-state index is 13.3. The Hall–Kier alpha value is -3.74. The second kappa shape index (κ2) is 7.83. The summed E-state index contributed by atoms with van der Waals surface area (Å²) < 4.78 is 1.37. The van der Waals surface area contributed by atoms with Crippen molar-refractivity contribution < 1.29 is 14.4 Å². The van der Waals surface area contributed by atoms with Gasteiger partial charge in [0.2, 0.25) is 0 Å². The number of amides is 3. The average Bonchev–Trinajstić information content (AvgIpc) is 2.97. The lowest BCUT2D eigenvalue weighted by atomic mass is 9.90. The van der Waals surface area contributed by atoms with Crippen molar-refractivity contribution in [3.63, 3.8) is 0 Å². The maximum absolute atomic E-state index is 13.3. The zero-order valence-corrected chi connectivity index (χ0v) is 17.7. The van der Waals surface area contributed by atoms with Gasteiger partial charge in [-0.2, -0.15) is 0 Å². The first-order valence-electron chi connectivity index (χ1n) is 10.2. The molecule has 3 amide bonds. The van der Waals surface area contributed by atoms with E-state index in [-0.39, 0.29) is 12.6 Å². The summed E-state index contributed by atoms with van der Waals surface area (Å²) in [6.45, 7) is 5.11. The van der Waals surface area contributed by atoms with Crippen LogP contribution in [0.4, 0.5) is 4.79 Å². The molecular formula is C24H24N4O3. The van der Waals surface area contributed by atoms with Gasteiger partial charge in [0.1, 0.15) is 17.6 Å². The molecule has 4 rings (SSSR count). The predicted octanol–water partition coefficient (Wildman–Crippen LogP) is 3.06. The molecule has 0 aliphatic carbocycles. The predicted molar refractivity (Wildman–Crippen MR) is 117 cm³/mol. The SMILES string of the molecule is CC(C)N=c1ccccn1C(=O)CN1C(=O)NC(C)(c2ccc3ccccc3c2)C1=O. The fourth-order valence-electron chi connectivity index (χ4n) is 3.76. The number of benzene rings is 2. The van der Waals surface area contributed by atoms with Crippen molar-refractivity contribution in [2.24, 2.45) is 4.99 Å². The molecule has 3 aromatic rings. The van der Waals surface area contributed by atoms with Gasteiger partial charge in [-0.15, -0.1) is 0 Å². The highest BCUT2D eigenvalue weighted by Crippen LogP contribution is 2.31. The zero-order chi connectivity index (χ0) is 22.2. The minimum absolute atomic E-state index is 0.00522. The number of rotatable bonds is 4. The Morgan fingerprint density at radius 3 is 2.48 bits per heavy atom. The number of carbonyl (C=O) groups excluding carboxylic acids is 3. The summed E-state index contributed by atoms with van der Waals surface area (Å²) in [6.07, 6.45) is 1.59. The molecular weight excluding hydrogens is 392 g/mol. The fourth-order valence-corrected chi connectivity index (χ4v) is 3.76. The summed E-state index contributed by atoms with van der Waals surface area (Å²) in [5.74, 6) is -0.869. The van der Waals surface area contributed by atoms with Crippen LogP contribution < -0.4 is 10.8 Å². The van der Waals surface area contributed by atoms with Crippen LogP contribution in [0.25, 0.3) is 10.8 Å². The van der Waals surface area contributed by atoms with Crippen LogP contribution >= 0.6 is 0 Å². The summed E-state index contributed by atoms with van der Waals surface area (Å²) in [5, 5.41) is 4.78. The van der Waals surface area contributed by atoms with E-state index in [1.807, 2.05) is 56.3 Å². The van der Waals surface area contributed by atoms with Gasteiger partial charge in [-0.3, -0.25) is 24.0 Å². The normalized spacial score (nSPS) is 19.4. The van der Waals surface area contributed by atoms with E-state index in [0.29, 0.717) is 11.1 Å². The molecule has 1 fully saturated rings. The summed E-state index contributed by atoms with van der Waals surface area (Å²) in [5.41, 5.74) is -0.0948. The Kier molecular flexibility index (Phi) is 5.19. The molecule has 2 aromatic carbocycles. The van der Waals surface area contributed by atoms with Crippen molar-refractivity contribution >= 4 is 28.6 Å². The lowest BCUT2D eigenvalue weighted by molar-refractivity contribution is -0.130. The Bertz CT molecular complexity index is 1260. The second-order valence-corrected chi connectivity index (χ2v) is 8.05. The standard InChI is InChI=1S/C24H24N4O3/c1-16(2)25-20-10-6-7-13-27(20)21(29)15-28-22(30)24(3,26-23(28)31)19-12-11-17-8-4-5-9-18(17)14-19/h4-14,16H,15H2,1-3H3,(H,26,31). The number of nitrogens with one attached hydrogen (secondary N) is 1. The molecule has 0 radical (unpaired) electrons. The van der Waals surface area contributed by atoms with Gasteiger partial charge in [-0.1, -0.05) is 42.5 Å². The van der Waals surface area contributed by atoms with Gasteiger partial charge < -0.3 is 5.32 Å². The molecule has 0 spiro atoms. The molecule has 158 valence electrons. The van der Waals surface area contributed by atoms with Gasteiger partial charge in [0.05, 0.1) is 0 Å². The lowest BCUT2D eigenvalue weighted by Crippen LogP contribution is -2.43. The molecule has 31 heavy (non-hydrogen) atoms. The molecule has 1 unspecified atom stereocenters. The van der Waals surface area contributed by atoms with Gasteiger partial charge in [0.25, 0.3) is 11.8 Å². The van der Waals surface area contributed by atoms with Crippen LogP contribution in [0.1, 0.15) is 31.1 Å². The Balaban J connectivity index is 1.63. The van der Waals surface area contributed by atoms with E-state index in [9.17, 15) is 14.4 Å². The van der Waals surface area contributed by atoms with Crippen molar-refractivity contribution in [1.29, 1.82) is 0 Å². The highest BCUT2D eigenvalue weighted by atomic mass is 16.2. The van der Waals surface area contributed by atoms with E-state index in [1.165, 1.54) is 4.57 Å². The van der Waals surface area contributed by atoms with Crippen LogP contribution in [0, 0.1) is 0 Å². The van der Waals surface area contributed by atoms with Gasteiger partial charge in [0, 0.05) is 12.2 Å². The molecule has 1 aliphatic heterocycles. The van der Waals surface area contributed by atoms with Gasteiger partial charge in [-0.05, 0) is 55.3 Å². The van der Waals surface area contributed by atoms with Crippen molar-refractivity contribution in [3.8, 4) is 0 Å². The third-order valence-electron chi connectivity index (χ3n) is 5.39. The van der Waals surface area contributed by atoms with Crippen LogP contribution in [0.15, 0.2) is 71.9 Å². The lowest BCUT2D eigenvalue weighted by Gasteiger charge is -2.22. The minimum atomic E-state index is -1.24. The van der Waals surface area contributed by atoms with Crippen LogP contribution in [-0.2, 0) is 10.3 Å². The number of aromatic nitrogens is 1. The first kappa shape index (κ1) is 20.5. The molecule has 7 heteroatoms. The van der Waals surface area contributed by atoms with Gasteiger partial charge in [0.15, 0.2) is 0 Å². The number of hydrogen-bond acceptors (Lipinski definition) is 4. The second-order valence-electron chi connectivity index (χ2n) is 8.05. The molecule has 7 nitrogen and oxygen atoms in total. The Morgan fingerprint density at radius 2 is 1.74 bits per heavy atom. The van der Waals surface area contributed by atoms with Crippen molar-refractivity contribution in [2.45, 2.75) is 32.4 Å². The van der Waals surface area contributed by atoms with E-state index in [2.05, 4.69) is 10.3 Å². The molecule has 0 saturated carbocycles. The average molecular weight is 416 g/mol. The highest BCUT2D eigenvalue weighted by molar-refractivity contribution is 6.09. The zero-order valence-electron chi connectivity index (χ0n) is 17.7. The summed E-state index contributed by atoms with van der Waals surface area (Å²) >= 11 is 0. The first-order chi connectivity index (χ1) is 14.8. The quantitative estimate of drug-likeness (QED) is 0.664. The van der Waals surface area contributed by atoms with Crippen molar-refractivity contribution in [2.75, 3.05) is 6.54 Å². The number of carbonyl (C=O) groups is 3. The van der Waals surface area contributed by atoms with Gasteiger partial charge in [-0.25, -0.2) is 4.79 Å². The highest BCUT2D eigenvalue weighted by Gasteiger charge is 2.49. The third-order valence-corrected chi connectivity index (χ3v) is 5.39. The molecule has 1 atom stereocenters. The summed E-state index contributed by atoms with van der Waals surface area (Å²) in [7, 11) is 0. The molecule has 1 aliphatic rings. The Morgan fingerprint density at radius 1 is 1.03 bits per heavy atom. The van der Waals surface area contributed by atoms with E-state index in [1.54, 1.807) is 31.3 Å². The first-order valence-corrected chi connectivity index (χ1v) is 10.2. The van der Waals surface area contributed by atoms with Crippen LogP contribution in [0.5, 0.6) is 0 Å². The smallest absolute Gasteiger partial charge is 0.319 e. The van der Waals surface area contributed by atoms with Crippen molar-refractivity contribution in [1.82, 2.24) is 14.8 Å². The molecule has 1 saturated heterocycles. The fraction of sp³-hybridized carbons (Fsp3) is 0.250. The summed E-state index contributed by atoms with van der Waals surface area (Å²) in [4.78, 5) is 44.3. The van der Waals surface area contributed by atoms with E-state index < -0.39 is 23.4 Å². The number of urea groups is 1. The third kappa shape index (κ3) is 3.74. The number of pyridine rings is 1. The minimum Gasteiger partial charge on any atom is -0.319 e. The maximum Gasteiger partial charge on any atom is 0.325 e. The van der Waals surface area contributed by atoms with E-state index in [0.717, 1.165) is 15.7 Å². The number of hydrogen-bond donors (Lipinski definition) is 1. The van der Waals surface area contributed by atoms with Crippen LogP contribution in [0.2, 0.25) is 0 Å². The van der Waals surface area contributed by atoms with E-state index in [4.69, 9.17) is 0 Å². The molecule has 1 N–H and O–H groups in total. The monoisotopic (exact) mass is 416 g/mol. The number of imide groups is 1.